The number of carbonyl (C=O) groups is 2. The van der Waals surface area contributed by atoms with E-state index in [1.54, 1.807) is 30.3 Å². The van der Waals surface area contributed by atoms with Gasteiger partial charge in [0.2, 0.25) is 0 Å². The second-order valence-corrected chi connectivity index (χ2v) is 5.97. The molecule has 0 radical (unpaired) electrons. The van der Waals surface area contributed by atoms with E-state index >= 15 is 0 Å². The van der Waals surface area contributed by atoms with Gasteiger partial charge in [0.25, 0.3) is 0 Å². The molecule has 2 heterocycles. The van der Waals surface area contributed by atoms with E-state index in [9.17, 15) is 19.8 Å². The van der Waals surface area contributed by atoms with Crippen LogP contribution in [0, 0.1) is 5.92 Å². The number of nitrogens with zero attached hydrogens (tertiary/aromatic N) is 2. The van der Waals surface area contributed by atoms with Gasteiger partial charge in [0.15, 0.2) is 0 Å². The van der Waals surface area contributed by atoms with Crippen LogP contribution in [0.2, 0.25) is 0 Å². The van der Waals surface area contributed by atoms with Gasteiger partial charge in [-0.2, -0.15) is 0 Å². The van der Waals surface area contributed by atoms with Gasteiger partial charge in [0.05, 0.1) is 5.57 Å². The van der Waals surface area contributed by atoms with E-state index in [4.69, 9.17) is 5.73 Å². The highest BCUT2D eigenvalue weighted by Gasteiger charge is 2.45. The lowest BCUT2D eigenvalue weighted by atomic mass is 9.77. The third-order valence-electron chi connectivity index (χ3n) is 4.52. The molecule has 0 spiro atoms. The van der Waals surface area contributed by atoms with Gasteiger partial charge in [-0.15, -0.1) is 0 Å². The maximum absolute atomic E-state index is 12.0. The smallest absolute Gasteiger partial charge is 0.335 e. The maximum Gasteiger partial charge on any atom is 0.335 e. The van der Waals surface area contributed by atoms with Crippen molar-refractivity contribution in [2.75, 3.05) is 13.1 Å². The lowest BCUT2D eigenvalue weighted by Gasteiger charge is -2.34. The minimum absolute atomic E-state index is 0.115. The molecule has 4 N–H and O–H groups in total. The van der Waals surface area contributed by atoms with Crippen molar-refractivity contribution in [3.8, 4) is 0 Å². The Bertz CT molecular complexity index is 721. The zero-order valence-electron chi connectivity index (χ0n) is 13.1. The molecule has 126 valence electrons. The standard InChI is InChI=1S/C17H19N3O4/c18-14-12(16(21)22)11(10-6-2-1-3-7-10)13(17(23)24)15(19-14)20-8-4-5-9-20/h1-3,6-7,11,13H,4-5,8-9,18H2,(H,21,22)(H,23,24). The average Bonchev–Trinajstić information content (AvgIpc) is 3.08. The number of carboxylic acid groups (broad SMARTS) is 2. The molecular weight excluding hydrogens is 310 g/mol. The summed E-state index contributed by atoms with van der Waals surface area (Å²) in [6.07, 6.45) is 1.91. The number of aliphatic imine (C=N–C) groups is 1. The molecule has 7 nitrogen and oxygen atoms in total. The summed E-state index contributed by atoms with van der Waals surface area (Å²) >= 11 is 0. The maximum atomic E-state index is 12.0. The zero-order valence-corrected chi connectivity index (χ0v) is 13.1. The first-order chi connectivity index (χ1) is 11.5. The summed E-state index contributed by atoms with van der Waals surface area (Å²) < 4.78 is 0. The van der Waals surface area contributed by atoms with Crippen LogP contribution < -0.4 is 5.73 Å². The molecule has 2 aliphatic heterocycles. The van der Waals surface area contributed by atoms with E-state index in [1.807, 2.05) is 4.90 Å². The number of aliphatic carboxylic acids is 2. The van der Waals surface area contributed by atoms with Crippen LogP contribution in [-0.2, 0) is 9.59 Å². The Kier molecular flexibility index (Phi) is 4.24. The molecule has 24 heavy (non-hydrogen) atoms. The minimum atomic E-state index is -1.24. The fourth-order valence-corrected chi connectivity index (χ4v) is 3.46. The van der Waals surface area contributed by atoms with Crippen LogP contribution in [0.4, 0.5) is 0 Å². The molecule has 0 aliphatic carbocycles. The fraction of sp³-hybridized carbons (Fsp3) is 0.353. The van der Waals surface area contributed by atoms with Gasteiger partial charge in [-0.05, 0) is 18.4 Å². The summed E-state index contributed by atoms with van der Waals surface area (Å²) in [4.78, 5) is 29.8. The lowest BCUT2D eigenvalue weighted by Crippen LogP contribution is -2.45. The molecule has 3 rings (SSSR count). The average molecular weight is 329 g/mol. The summed E-state index contributed by atoms with van der Waals surface area (Å²) in [5.41, 5.74) is 6.37. The first-order valence-electron chi connectivity index (χ1n) is 7.85. The predicted molar refractivity (Wildman–Crippen MR) is 87.4 cm³/mol. The third-order valence-corrected chi connectivity index (χ3v) is 4.52. The number of hydrogen-bond donors (Lipinski definition) is 3. The molecule has 0 saturated carbocycles. The van der Waals surface area contributed by atoms with Gasteiger partial charge in [-0.1, -0.05) is 30.3 Å². The van der Waals surface area contributed by atoms with Crippen LogP contribution in [0.1, 0.15) is 24.3 Å². The van der Waals surface area contributed by atoms with Crippen molar-refractivity contribution < 1.29 is 19.8 Å². The summed E-state index contributed by atoms with van der Waals surface area (Å²) in [7, 11) is 0. The van der Waals surface area contributed by atoms with Crippen molar-refractivity contribution in [3.05, 3.63) is 47.3 Å². The number of rotatable bonds is 3. The van der Waals surface area contributed by atoms with Crippen LogP contribution in [0.15, 0.2) is 46.7 Å². The minimum Gasteiger partial charge on any atom is -0.481 e. The summed E-state index contributed by atoms with van der Waals surface area (Å²) in [6.45, 7) is 1.42. The van der Waals surface area contributed by atoms with Gasteiger partial charge in [-0.25, -0.2) is 9.79 Å². The summed E-state index contributed by atoms with van der Waals surface area (Å²) in [6, 6.07) is 8.76. The molecule has 2 aliphatic rings. The highest BCUT2D eigenvalue weighted by atomic mass is 16.4. The van der Waals surface area contributed by atoms with Gasteiger partial charge in [0, 0.05) is 19.0 Å². The van der Waals surface area contributed by atoms with Crippen molar-refractivity contribution >= 4 is 17.8 Å². The number of hydrogen-bond acceptors (Lipinski definition) is 5. The lowest BCUT2D eigenvalue weighted by molar-refractivity contribution is -0.140. The Morgan fingerprint density at radius 3 is 2.29 bits per heavy atom. The summed E-state index contributed by atoms with van der Waals surface area (Å²) in [5, 5.41) is 19.4. The van der Waals surface area contributed by atoms with Crippen LogP contribution in [0.25, 0.3) is 0 Å². The number of carboxylic acids is 2. The molecular formula is C17H19N3O4. The molecule has 7 heteroatoms. The monoisotopic (exact) mass is 329 g/mol. The van der Waals surface area contributed by atoms with Crippen molar-refractivity contribution in [3.63, 3.8) is 0 Å². The van der Waals surface area contributed by atoms with Crippen molar-refractivity contribution in [1.82, 2.24) is 4.90 Å². The second kappa shape index (κ2) is 6.35. The van der Waals surface area contributed by atoms with E-state index < -0.39 is 23.8 Å². The molecule has 0 aromatic heterocycles. The fourth-order valence-electron chi connectivity index (χ4n) is 3.46. The summed E-state index contributed by atoms with van der Waals surface area (Å²) in [5.74, 6) is -4.03. The highest BCUT2D eigenvalue weighted by molar-refractivity contribution is 6.06. The van der Waals surface area contributed by atoms with Crippen LogP contribution >= 0.6 is 0 Å². The van der Waals surface area contributed by atoms with Gasteiger partial charge in [-0.3, -0.25) is 4.79 Å². The molecule has 0 bridgehead atoms. The Balaban J connectivity index is 2.17. The Hall–Kier alpha value is -2.83. The Morgan fingerprint density at radius 2 is 1.75 bits per heavy atom. The number of benzene rings is 1. The van der Waals surface area contributed by atoms with E-state index in [0.29, 0.717) is 24.5 Å². The van der Waals surface area contributed by atoms with Gasteiger partial charge >= 0.3 is 11.9 Å². The van der Waals surface area contributed by atoms with E-state index in [0.717, 1.165) is 12.8 Å². The first-order valence-corrected chi connectivity index (χ1v) is 7.85. The molecule has 2 atom stereocenters. The molecule has 2 unspecified atom stereocenters. The largest absolute Gasteiger partial charge is 0.481 e. The predicted octanol–water partition coefficient (Wildman–Crippen LogP) is 1.23. The molecule has 1 aromatic rings. The quantitative estimate of drug-likeness (QED) is 0.768. The molecule has 1 saturated heterocycles. The van der Waals surface area contributed by atoms with Gasteiger partial charge < -0.3 is 20.8 Å². The SMILES string of the molecule is NC1=C(C(=O)O)C(c2ccccc2)C(C(=O)O)C(N2CCCC2)=N1. The van der Waals surface area contributed by atoms with Gasteiger partial charge in [0.1, 0.15) is 17.6 Å². The Morgan fingerprint density at radius 1 is 1.12 bits per heavy atom. The van der Waals surface area contributed by atoms with Crippen molar-refractivity contribution in [2.24, 2.45) is 16.6 Å². The van der Waals surface area contributed by atoms with Crippen molar-refractivity contribution in [2.45, 2.75) is 18.8 Å². The topological polar surface area (TPSA) is 116 Å². The zero-order chi connectivity index (χ0) is 17.3. The van der Waals surface area contributed by atoms with E-state index in [2.05, 4.69) is 4.99 Å². The number of likely N-dealkylation sites (tertiary alicyclic amines) is 1. The Labute approximate surface area is 139 Å². The van der Waals surface area contributed by atoms with Crippen LogP contribution in [-0.4, -0.2) is 46.0 Å². The third kappa shape index (κ3) is 2.73. The number of amidine groups is 1. The first kappa shape index (κ1) is 16.0. The normalized spacial score (nSPS) is 24.0. The van der Waals surface area contributed by atoms with E-state index in [1.165, 1.54) is 0 Å². The van der Waals surface area contributed by atoms with Crippen molar-refractivity contribution in [1.29, 1.82) is 0 Å². The molecule has 1 fully saturated rings. The van der Waals surface area contributed by atoms with E-state index in [-0.39, 0.29) is 11.4 Å². The second-order valence-electron chi connectivity index (χ2n) is 5.97. The van der Waals surface area contributed by atoms with Crippen LogP contribution in [0.3, 0.4) is 0 Å². The molecule has 0 amide bonds. The highest BCUT2D eigenvalue weighted by Crippen LogP contribution is 2.39. The number of nitrogens with two attached hydrogens (primary N) is 1. The molecule has 1 aromatic carbocycles. The van der Waals surface area contributed by atoms with Crippen LogP contribution in [0.5, 0.6) is 0 Å².